The van der Waals surface area contributed by atoms with Crippen LogP contribution in [-0.4, -0.2) is 28.5 Å². The summed E-state index contributed by atoms with van der Waals surface area (Å²) in [6, 6.07) is 0. The smallest absolute Gasteiger partial charge is 1.00 e. The van der Waals surface area contributed by atoms with Crippen molar-refractivity contribution in [3.8, 4) is 0 Å². The molecule has 0 aromatic rings. The molecular weight excluding hydrogens is 195 g/mol. The van der Waals surface area contributed by atoms with Crippen molar-refractivity contribution in [2.24, 2.45) is 0 Å². The minimum absolute atomic E-state index is 0. The Kier molecular flexibility index (Phi) is 310. The van der Waals surface area contributed by atoms with Gasteiger partial charge in [-0.25, -0.2) is 0 Å². The predicted octanol–water partition coefficient (Wildman–Crippen LogP) is -0.988. The van der Waals surface area contributed by atoms with Crippen molar-refractivity contribution in [1.29, 1.82) is 0 Å². The molecule has 0 rings (SSSR count). The first-order valence-electron chi connectivity index (χ1n) is 0. The summed E-state index contributed by atoms with van der Waals surface area (Å²) < 4.78 is 0. The van der Waals surface area contributed by atoms with Crippen molar-refractivity contribution in [2.75, 3.05) is 0 Å². The fraction of sp³-hybridized carbons (Fsp3) is 0. The molecule has 0 heterocycles. The van der Waals surface area contributed by atoms with Gasteiger partial charge in [-0.3, -0.25) is 0 Å². The Balaban J connectivity index is 0. The molecule has 1 nitrogen and oxygen atoms in total. The molecule has 5 heavy (non-hydrogen) atoms. The molecule has 0 bridgehead atoms. The third-order valence-corrected chi connectivity index (χ3v) is 0. The second kappa shape index (κ2) is 31.1. The molecule has 0 atom stereocenters. The van der Waals surface area contributed by atoms with Crippen LogP contribution in [0.4, 0.5) is 0 Å². The third-order valence-electron chi connectivity index (χ3n) is 0. The average Bonchev–Trinajstić information content (AvgIpc) is 0. The Bertz CT molecular complexity index is 17.7. The topological polar surface area (TPSA) is 31.5 Å². The van der Waals surface area contributed by atoms with Crippen LogP contribution in [0.5, 0.6) is 0 Å². The largest absolute Gasteiger partial charge is 2.00 e. The predicted molar refractivity (Wildman–Crippen MR) is 11.6 cm³/mol. The number of hydrogen-bond donors (Lipinski definition) is 0. The van der Waals surface area contributed by atoms with Gasteiger partial charge in [-0.1, -0.05) is 0 Å². The normalized spacial score (nSPS) is 0. The van der Waals surface area contributed by atoms with Gasteiger partial charge in [0, 0.05) is 57.3 Å². The second-order valence-electron chi connectivity index (χ2n) is 0. The summed E-state index contributed by atoms with van der Waals surface area (Å²) in [4.78, 5) is 0. The molecule has 2 N–H and O–H groups in total. The number of rotatable bonds is 0. The molecule has 0 spiro atoms. The fourth-order valence-corrected chi connectivity index (χ4v) is 0. The van der Waals surface area contributed by atoms with Gasteiger partial charge in [0.05, 0.1) is 0 Å². The summed E-state index contributed by atoms with van der Waals surface area (Å²) in [5, 5.41) is 0. The maximum Gasteiger partial charge on any atom is 2.00 e. The molecule has 0 aliphatic carbocycles. The molecule has 0 aromatic heterocycles. The molecule has 0 saturated heterocycles. The van der Waals surface area contributed by atoms with Gasteiger partial charge in [0.2, 0.25) is 0 Å². The first-order valence-corrected chi connectivity index (χ1v) is 0. The zero-order chi connectivity index (χ0) is 0. The van der Waals surface area contributed by atoms with E-state index in [-0.39, 0.29) is 88.7 Å². The van der Waals surface area contributed by atoms with Crippen molar-refractivity contribution in [2.45, 2.75) is 0 Å². The van der Waals surface area contributed by atoms with Crippen molar-refractivity contribution in [3.63, 3.8) is 0 Å². The zero-order valence-corrected chi connectivity index (χ0v) is 7.98. The van der Waals surface area contributed by atoms with Crippen LogP contribution in [0.3, 0.4) is 0 Å². The van der Waals surface area contributed by atoms with Crippen LogP contribution in [0.15, 0.2) is 0 Å². The van der Waals surface area contributed by atoms with Gasteiger partial charge in [-0.05, 0) is 0 Å². The van der Waals surface area contributed by atoms with E-state index < -0.39 is 0 Å². The molecule has 0 amide bonds. The van der Waals surface area contributed by atoms with E-state index >= 15 is 0 Å². The van der Waals surface area contributed by atoms with E-state index in [0.29, 0.717) is 0 Å². The standard InChI is InChI=1S/Fe.Mg.H2O.Ti.V.2H/h;;1H2;;;;/q;+2;;;;2*-1. The SMILES string of the molecule is O.[Fe].[H-].[H-].[Mg+2].[Ti].[V]. The van der Waals surface area contributed by atoms with Crippen LogP contribution in [-0.2, 0) is 57.3 Å². The molecular formula is H4FeMgOTiV. The van der Waals surface area contributed by atoms with Crippen LogP contribution in [0.2, 0.25) is 0 Å². The minimum Gasteiger partial charge on any atom is -1.00 e. The zero-order valence-electron chi connectivity index (χ0n) is 4.51. The van der Waals surface area contributed by atoms with Crippen LogP contribution >= 0.6 is 0 Å². The molecule has 0 saturated carbocycles. The Morgan fingerprint density at radius 3 is 1.20 bits per heavy atom. The van der Waals surface area contributed by atoms with Crippen molar-refractivity contribution in [1.82, 2.24) is 0 Å². The molecule has 1 radical (unpaired) electrons. The van der Waals surface area contributed by atoms with E-state index in [2.05, 4.69) is 0 Å². The summed E-state index contributed by atoms with van der Waals surface area (Å²) in [5.74, 6) is 0. The van der Waals surface area contributed by atoms with Gasteiger partial charge < -0.3 is 8.33 Å². The molecule has 0 unspecified atom stereocenters. The van der Waals surface area contributed by atoms with Gasteiger partial charge in [0.1, 0.15) is 0 Å². The quantitative estimate of drug-likeness (QED) is 0.449. The molecule has 0 aromatic carbocycles. The van der Waals surface area contributed by atoms with Crippen LogP contribution < -0.4 is 0 Å². The van der Waals surface area contributed by atoms with Gasteiger partial charge in [-0.2, -0.15) is 0 Å². The van der Waals surface area contributed by atoms with Crippen LogP contribution in [0, 0.1) is 0 Å². The van der Waals surface area contributed by atoms with Crippen molar-refractivity contribution in [3.05, 3.63) is 0 Å². The van der Waals surface area contributed by atoms with E-state index in [1.165, 1.54) is 0 Å². The average molecular weight is 199 g/mol. The molecule has 5 heteroatoms. The maximum absolute atomic E-state index is 0. The fourth-order valence-electron chi connectivity index (χ4n) is 0. The molecule has 0 aliphatic heterocycles. The third kappa shape index (κ3) is 20.9. The summed E-state index contributed by atoms with van der Waals surface area (Å²) in [6.07, 6.45) is 0. The Morgan fingerprint density at radius 1 is 1.20 bits per heavy atom. The summed E-state index contributed by atoms with van der Waals surface area (Å²) in [5.41, 5.74) is 0. The summed E-state index contributed by atoms with van der Waals surface area (Å²) in [6.45, 7) is 0. The summed E-state index contributed by atoms with van der Waals surface area (Å²) >= 11 is 0. The van der Waals surface area contributed by atoms with E-state index in [9.17, 15) is 0 Å². The van der Waals surface area contributed by atoms with Crippen molar-refractivity contribution < 1.29 is 65.7 Å². The maximum atomic E-state index is 0. The molecule has 0 aliphatic rings. The van der Waals surface area contributed by atoms with Gasteiger partial charge in [-0.15, -0.1) is 0 Å². The Morgan fingerprint density at radius 2 is 1.20 bits per heavy atom. The Hall–Kier alpha value is 2.54. The second-order valence-corrected chi connectivity index (χ2v) is 0. The number of hydrogen-bond acceptors (Lipinski definition) is 0. The van der Waals surface area contributed by atoms with Gasteiger partial charge >= 0.3 is 23.1 Å². The first kappa shape index (κ1) is 49.9. The van der Waals surface area contributed by atoms with E-state index in [0.717, 1.165) is 0 Å². The van der Waals surface area contributed by atoms with Gasteiger partial charge in [0.15, 0.2) is 0 Å². The molecule has 0 fully saturated rings. The van der Waals surface area contributed by atoms with Crippen molar-refractivity contribution >= 4 is 23.1 Å². The van der Waals surface area contributed by atoms with E-state index in [1.54, 1.807) is 0 Å². The van der Waals surface area contributed by atoms with E-state index in [1.807, 2.05) is 0 Å². The monoisotopic (exact) mass is 199 g/mol. The summed E-state index contributed by atoms with van der Waals surface area (Å²) in [7, 11) is 0. The van der Waals surface area contributed by atoms with E-state index in [4.69, 9.17) is 0 Å². The molecule has 29 valence electrons. The first-order chi connectivity index (χ1) is 0. The Labute approximate surface area is 87.7 Å². The van der Waals surface area contributed by atoms with Gasteiger partial charge in [0.25, 0.3) is 0 Å². The minimum atomic E-state index is 0. The van der Waals surface area contributed by atoms with Crippen LogP contribution in [0.25, 0.3) is 0 Å². The van der Waals surface area contributed by atoms with Crippen LogP contribution in [0.1, 0.15) is 2.85 Å².